The molecule has 1 fully saturated rings. The highest BCUT2D eigenvalue weighted by Crippen LogP contribution is 2.46. The van der Waals surface area contributed by atoms with Gasteiger partial charge in [0.25, 0.3) is 5.91 Å². The lowest BCUT2D eigenvalue weighted by Crippen LogP contribution is -2.17. The Morgan fingerprint density at radius 2 is 2.04 bits per heavy atom. The molecule has 25 heavy (non-hydrogen) atoms. The van der Waals surface area contributed by atoms with Crippen LogP contribution < -0.4 is 5.32 Å². The highest BCUT2D eigenvalue weighted by Gasteiger charge is 2.32. The SMILES string of the molecule is CCOC(=O)c1c(C2CC2)csc1NC(=O)c1ncc(Cl)c(Cl)c1Cl. The number of aromatic nitrogens is 1. The van der Waals surface area contributed by atoms with Crippen molar-refractivity contribution in [3.05, 3.63) is 43.5 Å². The molecule has 0 spiro atoms. The Bertz CT molecular complexity index is 849. The van der Waals surface area contributed by atoms with E-state index in [9.17, 15) is 9.59 Å². The highest BCUT2D eigenvalue weighted by atomic mass is 35.5. The third kappa shape index (κ3) is 3.77. The zero-order valence-electron chi connectivity index (χ0n) is 13.1. The molecule has 2 aromatic heterocycles. The molecule has 0 bridgehead atoms. The molecule has 1 amide bonds. The van der Waals surface area contributed by atoms with Gasteiger partial charge in [-0.25, -0.2) is 9.78 Å². The van der Waals surface area contributed by atoms with E-state index in [0.29, 0.717) is 16.5 Å². The van der Waals surface area contributed by atoms with Gasteiger partial charge < -0.3 is 10.1 Å². The maximum atomic E-state index is 12.5. The fraction of sp³-hybridized carbons (Fsp3) is 0.312. The second-order valence-corrected chi connectivity index (χ2v) is 7.47. The Morgan fingerprint density at radius 3 is 2.68 bits per heavy atom. The van der Waals surface area contributed by atoms with Gasteiger partial charge in [-0.15, -0.1) is 11.3 Å². The lowest BCUT2D eigenvalue weighted by molar-refractivity contribution is 0.0527. The molecule has 0 radical (unpaired) electrons. The van der Waals surface area contributed by atoms with E-state index in [-0.39, 0.29) is 27.4 Å². The number of rotatable bonds is 5. The van der Waals surface area contributed by atoms with Gasteiger partial charge in [0.15, 0.2) is 0 Å². The number of amides is 1. The quantitative estimate of drug-likeness (QED) is 0.658. The van der Waals surface area contributed by atoms with Gasteiger partial charge in [-0.05, 0) is 36.6 Å². The summed E-state index contributed by atoms with van der Waals surface area (Å²) in [6, 6.07) is 0. The Hall–Kier alpha value is -1.34. The van der Waals surface area contributed by atoms with Crippen LogP contribution in [0.1, 0.15) is 52.1 Å². The second kappa shape index (κ2) is 7.50. The number of anilines is 1. The first kappa shape index (κ1) is 18.5. The molecule has 3 rings (SSSR count). The number of nitrogens with zero attached hydrogens (tertiary/aromatic N) is 1. The van der Waals surface area contributed by atoms with E-state index in [1.807, 2.05) is 5.38 Å². The van der Waals surface area contributed by atoms with Crippen LogP contribution in [0.3, 0.4) is 0 Å². The molecule has 0 saturated heterocycles. The predicted octanol–water partition coefficient (Wildman–Crippen LogP) is 5.41. The van der Waals surface area contributed by atoms with E-state index in [2.05, 4.69) is 10.3 Å². The van der Waals surface area contributed by atoms with Crippen molar-refractivity contribution in [3.8, 4) is 0 Å². The third-order valence-corrected chi connectivity index (χ3v) is 5.83. The van der Waals surface area contributed by atoms with E-state index in [0.717, 1.165) is 18.4 Å². The van der Waals surface area contributed by atoms with Gasteiger partial charge in [0.05, 0.1) is 27.2 Å². The van der Waals surface area contributed by atoms with Crippen molar-refractivity contribution >= 4 is 63.0 Å². The van der Waals surface area contributed by atoms with E-state index in [1.165, 1.54) is 17.5 Å². The Labute approximate surface area is 163 Å². The summed E-state index contributed by atoms with van der Waals surface area (Å²) in [5.41, 5.74) is 1.25. The molecular formula is C16H13Cl3N2O3S. The van der Waals surface area contributed by atoms with Gasteiger partial charge >= 0.3 is 5.97 Å². The van der Waals surface area contributed by atoms with Crippen LogP contribution in [-0.4, -0.2) is 23.5 Å². The van der Waals surface area contributed by atoms with Crippen molar-refractivity contribution in [1.29, 1.82) is 0 Å². The van der Waals surface area contributed by atoms with Crippen molar-refractivity contribution < 1.29 is 14.3 Å². The molecule has 1 aliphatic rings. The van der Waals surface area contributed by atoms with Crippen LogP contribution in [0.25, 0.3) is 0 Å². The summed E-state index contributed by atoms with van der Waals surface area (Å²) in [6.45, 7) is 1.99. The molecule has 0 aliphatic heterocycles. The molecule has 0 aromatic carbocycles. The lowest BCUT2D eigenvalue weighted by Gasteiger charge is -2.09. The van der Waals surface area contributed by atoms with Crippen molar-refractivity contribution in [3.63, 3.8) is 0 Å². The average molecular weight is 420 g/mol. The minimum absolute atomic E-state index is 0.0386. The molecule has 1 aliphatic carbocycles. The zero-order valence-corrected chi connectivity index (χ0v) is 16.2. The van der Waals surface area contributed by atoms with Gasteiger partial charge in [-0.1, -0.05) is 34.8 Å². The zero-order chi connectivity index (χ0) is 18.1. The molecule has 2 heterocycles. The maximum Gasteiger partial charge on any atom is 0.341 e. The van der Waals surface area contributed by atoms with Crippen molar-refractivity contribution in [2.45, 2.75) is 25.7 Å². The molecule has 5 nitrogen and oxygen atoms in total. The molecule has 1 saturated carbocycles. The summed E-state index contributed by atoms with van der Waals surface area (Å²) in [7, 11) is 0. The number of pyridine rings is 1. The molecular weight excluding hydrogens is 407 g/mol. The number of halogens is 3. The van der Waals surface area contributed by atoms with Crippen molar-refractivity contribution in [1.82, 2.24) is 4.98 Å². The van der Waals surface area contributed by atoms with Gasteiger partial charge in [-0.3, -0.25) is 4.79 Å². The molecule has 1 N–H and O–H groups in total. The van der Waals surface area contributed by atoms with Crippen LogP contribution in [0, 0.1) is 0 Å². The number of carbonyl (C=O) groups is 2. The molecule has 0 atom stereocenters. The average Bonchev–Trinajstić information content (AvgIpc) is 3.34. The van der Waals surface area contributed by atoms with E-state index < -0.39 is 11.9 Å². The Kier molecular flexibility index (Phi) is 5.53. The first-order chi connectivity index (χ1) is 11.9. The van der Waals surface area contributed by atoms with E-state index >= 15 is 0 Å². The number of esters is 1. The van der Waals surface area contributed by atoms with Gasteiger partial charge in [0.1, 0.15) is 10.7 Å². The summed E-state index contributed by atoms with van der Waals surface area (Å²) in [4.78, 5) is 28.8. The standard InChI is InChI=1S/C16H13Cl3N2O3S/c1-2-24-16(23)10-8(7-3-4-7)6-25-15(10)21-14(22)13-12(19)11(18)9(17)5-20-13/h5-7H,2-4H2,1H3,(H,21,22). The first-order valence-electron chi connectivity index (χ1n) is 7.53. The number of ether oxygens (including phenoxy) is 1. The largest absolute Gasteiger partial charge is 0.462 e. The summed E-state index contributed by atoms with van der Waals surface area (Å²) in [5, 5.41) is 5.15. The minimum Gasteiger partial charge on any atom is -0.462 e. The summed E-state index contributed by atoms with van der Waals surface area (Å²) in [5.74, 6) is -0.680. The monoisotopic (exact) mass is 418 g/mol. The minimum atomic E-state index is -0.571. The summed E-state index contributed by atoms with van der Waals surface area (Å²) >= 11 is 19.1. The van der Waals surface area contributed by atoms with Crippen molar-refractivity contribution in [2.75, 3.05) is 11.9 Å². The number of hydrogen-bond donors (Lipinski definition) is 1. The fourth-order valence-electron chi connectivity index (χ4n) is 2.34. The normalized spacial score (nSPS) is 13.6. The maximum absolute atomic E-state index is 12.5. The number of thiophene rings is 1. The van der Waals surface area contributed by atoms with Crippen molar-refractivity contribution in [2.24, 2.45) is 0 Å². The Balaban J connectivity index is 1.91. The third-order valence-electron chi connectivity index (χ3n) is 3.68. The molecule has 9 heteroatoms. The Morgan fingerprint density at radius 1 is 1.32 bits per heavy atom. The second-order valence-electron chi connectivity index (χ2n) is 5.43. The number of nitrogens with one attached hydrogen (secondary N) is 1. The highest BCUT2D eigenvalue weighted by molar-refractivity contribution is 7.15. The van der Waals surface area contributed by atoms with Crippen LogP contribution in [0.15, 0.2) is 11.6 Å². The van der Waals surface area contributed by atoms with E-state index in [1.54, 1.807) is 6.92 Å². The predicted molar refractivity (Wildman–Crippen MR) is 99.5 cm³/mol. The number of carbonyl (C=O) groups excluding carboxylic acids is 2. The molecule has 132 valence electrons. The van der Waals surface area contributed by atoms with Crippen LogP contribution in [0.2, 0.25) is 15.1 Å². The van der Waals surface area contributed by atoms with Crippen LogP contribution in [0.4, 0.5) is 5.00 Å². The van der Waals surface area contributed by atoms with Gasteiger partial charge in [0, 0.05) is 6.20 Å². The summed E-state index contributed by atoms with van der Waals surface area (Å²) < 4.78 is 5.13. The van der Waals surface area contributed by atoms with Crippen LogP contribution >= 0.6 is 46.1 Å². The first-order valence-corrected chi connectivity index (χ1v) is 9.54. The van der Waals surface area contributed by atoms with Crippen LogP contribution in [0.5, 0.6) is 0 Å². The molecule has 0 unspecified atom stereocenters. The smallest absolute Gasteiger partial charge is 0.341 e. The topological polar surface area (TPSA) is 68.3 Å². The number of hydrogen-bond acceptors (Lipinski definition) is 5. The lowest BCUT2D eigenvalue weighted by atomic mass is 10.1. The molecule has 2 aromatic rings. The fourth-order valence-corrected chi connectivity index (χ4v) is 3.93. The van der Waals surface area contributed by atoms with E-state index in [4.69, 9.17) is 39.5 Å². The van der Waals surface area contributed by atoms with Gasteiger partial charge in [0.2, 0.25) is 0 Å². The summed E-state index contributed by atoms with van der Waals surface area (Å²) in [6.07, 6.45) is 3.30. The van der Waals surface area contributed by atoms with Gasteiger partial charge in [-0.2, -0.15) is 0 Å². The van der Waals surface area contributed by atoms with Crippen LogP contribution in [-0.2, 0) is 4.74 Å².